The van der Waals surface area contributed by atoms with Crippen LogP contribution in [0.4, 0.5) is 0 Å². The number of piperazine rings is 1. The van der Waals surface area contributed by atoms with E-state index in [0.29, 0.717) is 6.61 Å². The summed E-state index contributed by atoms with van der Waals surface area (Å²) in [4.78, 5) is 11.1. The second kappa shape index (κ2) is 9.51. The zero-order valence-electron chi connectivity index (χ0n) is 20.7. The van der Waals surface area contributed by atoms with Crippen LogP contribution in [0.5, 0.6) is 5.75 Å². The molecule has 2 atom stereocenters. The predicted molar refractivity (Wildman–Crippen MR) is 141 cm³/mol. The lowest BCUT2D eigenvalue weighted by molar-refractivity contribution is 0.0101. The van der Waals surface area contributed by atoms with Crippen LogP contribution < -0.4 is 4.74 Å². The summed E-state index contributed by atoms with van der Waals surface area (Å²) in [6, 6.07) is 17.1. The van der Waals surface area contributed by atoms with Gasteiger partial charge in [0, 0.05) is 69.0 Å². The Balaban J connectivity index is 1.05. The molecular formula is C29H34N4O2. The van der Waals surface area contributed by atoms with Gasteiger partial charge in [-0.1, -0.05) is 47.1 Å². The van der Waals surface area contributed by atoms with Crippen molar-refractivity contribution in [2.45, 2.75) is 26.5 Å². The van der Waals surface area contributed by atoms with Gasteiger partial charge in [0.15, 0.2) is 6.10 Å². The fraction of sp³-hybridized carbons (Fsp3) is 0.414. The molecule has 6 rings (SSSR count). The molecule has 1 saturated heterocycles. The lowest BCUT2D eigenvalue weighted by atomic mass is 9.89. The number of hydrogen-bond donors (Lipinski definition) is 0. The van der Waals surface area contributed by atoms with E-state index in [9.17, 15) is 0 Å². The van der Waals surface area contributed by atoms with Gasteiger partial charge < -0.3 is 14.1 Å². The second-order valence-corrected chi connectivity index (χ2v) is 10.0. The van der Waals surface area contributed by atoms with Gasteiger partial charge in [-0.15, -0.1) is 0 Å². The molecule has 35 heavy (non-hydrogen) atoms. The number of oxime groups is 1. The van der Waals surface area contributed by atoms with Crippen molar-refractivity contribution < 1.29 is 9.57 Å². The topological polar surface area (TPSA) is 42.2 Å². The molecule has 2 aromatic carbocycles. The fourth-order valence-electron chi connectivity index (χ4n) is 5.65. The molecule has 0 spiro atoms. The van der Waals surface area contributed by atoms with Crippen LogP contribution in [-0.4, -0.2) is 72.1 Å². The third kappa shape index (κ3) is 4.48. The first kappa shape index (κ1) is 22.4. The van der Waals surface area contributed by atoms with Gasteiger partial charge in [0.2, 0.25) is 0 Å². The van der Waals surface area contributed by atoms with Gasteiger partial charge in [-0.25, -0.2) is 0 Å². The van der Waals surface area contributed by atoms with E-state index in [2.05, 4.69) is 94.2 Å². The molecule has 6 nitrogen and oxygen atoms in total. The van der Waals surface area contributed by atoms with Crippen molar-refractivity contribution in [1.82, 2.24) is 14.4 Å². The Morgan fingerprint density at radius 3 is 2.66 bits per heavy atom. The lowest BCUT2D eigenvalue weighted by Gasteiger charge is -2.36. The average molecular weight is 471 g/mol. The molecule has 1 fully saturated rings. The minimum Gasteiger partial charge on any atom is -0.492 e. The number of fused-ring (bicyclic) bond motifs is 4. The van der Waals surface area contributed by atoms with Gasteiger partial charge in [-0.2, -0.15) is 0 Å². The number of hydrogen-bond acceptors (Lipinski definition) is 5. The van der Waals surface area contributed by atoms with E-state index >= 15 is 0 Å². The molecule has 0 N–H and O–H groups in total. The van der Waals surface area contributed by atoms with E-state index in [4.69, 9.17) is 9.57 Å². The Hall–Kier alpha value is -3.09. The van der Waals surface area contributed by atoms with E-state index in [-0.39, 0.29) is 12.0 Å². The van der Waals surface area contributed by atoms with Crippen LogP contribution in [0.25, 0.3) is 17.0 Å². The van der Waals surface area contributed by atoms with Crippen LogP contribution in [0.2, 0.25) is 0 Å². The Labute approximate surface area is 207 Å². The molecule has 3 aromatic rings. The number of benzene rings is 2. The van der Waals surface area contributed by atoms with Crippen molar-refractivity contribution in [2.24, 2.45) is 11.1 Å². The quantitative estimate of drug-likeness (QED) is 0.532. The summed E-state index contributed by atoms with van der Waals surface area (Å²) in [7, 11) is 0. The summed E-state index contributed by atoms with van der Waals surface area (Å²) in [6.45, 7) is 12.2. The van der Waals surface area contributed by atoms with Crippen molar-refractivity contribution >= 4 is 22.7 Å². The van der Waals surface area contributed by atoms with E-state index in [1.54, 1.807) is 0 Å². The van der Waals surface area contributed by atoms with E-state index in [1.807, 2.05) is 0 Å². The van der Waals surface area contributed by atoms with Crippen molar-refractivity contribution in [2.75, 3.05) is 45.9 Å². The molecular weight excluding hydrogens is 436 g/mol. The number of nitrogens with zero attached hydrogens (tertiary/aromatic N) is 4. The Bertz CT molecular complexity index is 1250. The van der Waals surface area contributed by atoms with Crippen molar-refractivity contribution in [3.8, 4) is 5.75 Å². The molecule has 0 aliphatic carbocycles. The Morgan fingerprint density at radius 1 is 1.06 bits per heavy atom. The zero-order chi connectivity index (χ0) is 23.8. The molecule has 3 aliphatic heterocycles. The minimum absolute atomic E-state index is 0.0559. The fourth-order valence-corrected chi connectivity index (χ4v) is 5.65. The number of ether oxygens (including phenoxy) is 1. The molecule has 0 amide bonds. The zero-order valence-corrected chi connectivity index (χ0v) is 20.7. The van der Waals surface area contributed by atoms with E-state index in [0.717, 1.165) is 62.8 Å². The monoisotopic (exact) mass is 470 g/mol. The van der Waals surface area contributed by atoms with Crippen LogP contribution in [0.15, 0.2) is 65.5 Å². The first-order valence-corrected chi connectivity index (χ1v) is 12.8. The molecule has 6 heteroatoms. The van der Waals surface area contributed by atoms with E-state index in [1.165, 1.54) is 22.0 Å². The SMILES string of the molecule is CCn1ccc2cc3c(cc21)OCC1C3=NOC1CN1CCN(C/C(C)=C/c2ccccc2)CC1. The summed E-state index contributed by atoms with van der Waals surface area (Å²) in [6.07, 6.45) is 4.49. The van der Waals surface area contributed by atoms with Crippen molar-refractivity contribution in [3.63, 3.8) is 0 Å². The molecule has 4 heterocycles. The smallest absolute Gasteiger partial charge is 0.151 e. The minimum atomic E-state index is 0.0559. The largest absolute Gasteiger partial charge is 0.492 e. The van der Waals surface area contributed by atoms with Crippen molar-refractivity contribution in [3.05, 3.63) is 71.4 Å². The maximum Gasteiger partial charge on any atom is 0.151 e. The van der Waals surface area contributed by atoms with E-state index < -0.39 is 0 Å². The number of aryl methyl sites for hydroxylation is 1. The van der Waals surface area contributed by atoms with Gasteiger partial charge >= 0.3 is 0 Å². The first-order valence-electron chi connectivity index (χ1n) is 12.8. The van der Waals surface area contributed by atoms with Crippen molar-refractivity contribution in [1.29, 1.82) is 0 Å². The molecule has 182 valence electrons. The highest BCUT2D eigenvalue weighted by Crippen LogP contribution is 2.37. The van der Waals surface area contributed by atoms with Crippen LogP contribution in [-0.2, 0) is 11.4 Å². The van der Waals surface area contributed by atoms with Gasteiger partial charge in [0.05, 0.1) is 11.4 Å². The van der Waals surface area contributed by atoms with Gasteiger partial charge in [0.1, 0.15) is 18.1 Å². The highest BCUT2D eigenvalue weighted by molar-refractivity contribution is 6.08. The highest BCUT2D eigenvalue weighted by atomic mass is 16.6. The van der Waals surface area contributed by atoms with Gasteiger partial charge in [-0.3, -0.25) is 9.80 Å². The maximum atomic E-state index is 6.24. The molecule has 0 saturated carbocycles. The molecule has 2 unspecified atom stereocenters. The lowest BCUT2D eigenvalue weighted by Crippen LogP contribution is -2.50. The van der Waals surface area contributed by atoms with Gasteiger partial charge in [0.25, 0.3) is 0 Å². The summed E-state index contributed by atoms with van der Waals surface area (Å²) < 4.78 is 8.49. The Kier molecular flexibility index (Phi) is 6.08. The number of rotatable bonds is 6. The normalized spacial score (nSPS) is 22.9. The summed E-state index contributed by atoms with van der Waals surface area (Å²) in [5, 5.41) is 5.79. The summed E-state index contributed by atoms with van der Waals surface area (Å²) >= 11 is 0. The standard InChI is InChI=1S/C29H34N4O2/c1-3-33-10-9-23-16-24-27(17-26(23)33)34-20-25-28(35-30-29(24)25)19-32-13-11-31(12-14-32)18-21(2)15-22-7-5-4-6-8-22/h4-10,15-17,25,28H,3,11-14,18-20H2,1-2H3/b21-15+. The molecule has 0 radical (unpaired) electrons. The summed E-state index contributed by atoms with van der Waals surface area (Å²) in [5.74, 6) is 1.12. The third-order valence-corrected chi connectivity index (χ3v) is 7.58. The highest BCUT2D eigenvalue weighted by Gasteiger charge is 2.41. The maximum absolute atomic E-state index is 6.24. The third-order valence-electron chi connectivity index (χ3n) is 7.58. The van der Waals surface area contributed by atoms with Gasteiger partial charge in [-0.05, 0) is 31.5 Å². The average Bonchev–Trinajstić information content (AvgIpc) is 3.48. The Morgan fingerprint density at radius 2 is 1.86 bits per heavy atom. The molecule has 1 aromatic heterocycles. The van der Waals surface area contributed by atoms with Crippen LogP contribution in [0.1, 0.15) is 25.0 Å². The van der Waals surface area contributed by atoms with Crippen LogP contribution in [0, 0.1) is 5.92 Å². The predicted octanol–water partition coefficient (Wildman–Crippen LogP) is 4.49. The first-order chi connectivity index (χ1) is 17.2. The van der Waals surface area contributed by atoms with Crippen LogP contribution in [0.3, 0.4) is 0 Å². The number of aromatic nitrogens is 1. The second-order valence-electron chi connectivity index (χ2n) is 10.0. The summed E-state index contributed by atoms with van der Waals surface area (Å²) in [5.41, 5.74) is 6.05. The molecule has 3 aliphatic rings. The van der Waals surface area contributed by atoms with Crippen LogP contribution >= 0.6 is 0 Å². The molecule has 0 bridgehead atoms.